The van der Waals surface area contributed by atoms with Gasteiger partial charge in [-0.1, -0.05) is 18.2 Å². The van der Waals surface area contributed by atoms with Gasteiger partial charge in [-0.15, -0.1) is 4.48 Å². The first-order valence-corrected chi connectivity index (χ1v) is 7.99. The molecular formula is C17H27F4N2O+. The first-order valence-electron chi connectivity index (χ1n) is 7.99. The number of hydrogen-bond donors (Lipinski definition) is 1. The van der Waals surface area contributed by atoms with E-state index in [0.717, 1.165) is 37.3 Å². The molecule has 1 aliphatic carbocycles. The van der Waals surface area contributed by atoms with Gasteiger partial charge in [0.05, 0.1) is 26.8 Å². The summed E-state index contributed by atoms with van der Waals surface area (Å²) in [6, 6.07) is 6.09. The third-order valence-corrected chi connectivity index (χ3v) is 4.68. The van der Waals surface area contributed by atoms with Crippen LogP contribution in [0.15, 0.2) is 24.3 Å². The fourth-order valence-electron chi connectivity index (χ4n) is 3.15. The van der Waals surface area contributed by atoms with E-state index in [2.05, 4.69) is 0 Å². The van der Waals surface area contributed by atoms with Crippen LogP contribution in [0.1, 0.15) is 42.7 Å². The summed E-state index contributed by atoms with van der Waals surface area (Å²) in [7, 11) is 6.88. The molecule has 2 atom stereocenters. The lowest BCUT2D eigenvalue weighted by Gasteiger charge is -2.39. The summed E-state index contributed by atoms with van der Waals surface area (Å²) >= 11 is 0. The van der Waals surface area contributed by atoms with Gasteiger partial charge in [-0.3, -0.25) is 0 Å². The number of nitrogens with zero attached hydrogens (tertiary/aromatic N) is 1. The zero-order valence-corrected chi connectivity index (χ0v) is 14.7. The van der Waals surface area contributed by atoms with Crippen molar-refractivity contribution in [2.24, 2.45) is 0 Å². The Balaban J connectivity index is 0.000000891. The van der Waals surface area contributed by atoms with E-state index in [1.807, 2.05) is 20.2 Å². The second-order valence-corrected chi connectivity index (χ2v) is 6.45. The zero-order valence-electron chi connectivity index (χ0n) is 14.7. The molecule has 2 rings (SSSR count). The highest BCUT2D eigenvalue weighted by Gasteiger charge is 2.36. The van der Waals surface area contributed by atoms with E-state index in [1.54, 1.807) is 7.11 Å². The number of benzene rings is 1. The van der Waals surface area contributed by atoms with Crippen LogP contribution in [0.25, 0.3) is 0 Å². The summed E-state index contributed by atoms with van der Waals surface area (Å²) in [6.45, 7) is 0. The minimum absolute atomic E-state index is 0.179. The van der Waals surface area contributed by atoms with Crippen LogP contribution in [-0.2, 0) is 11.0 Å². The normalized spacial score (nSPS) is 21.8. The average Bonchev–Trinajstić information content (AvgIpc) is 2.55. The lowest BCUT2D eigenvalue weighted by Crippen LogP contribution is -2.49. The molecule has 0 heterocycles. The summed E-state index contributed by atoms with van der Waals surface area (Å²) in [5.41, 5.74) is 1.49. The molecule has 0 amide bonds. The van der Waals surface area contributed by atoms with Crippen molar-refractivity contribution in [2.45, 2.75) is 43.8 Å². The highest BCUT2D eigenvalue weighted by atomic mass is 19.4. The minimum atomic E-state index is -4.27. The second-order valence-electron chi connectivity index (χ2n) is 6.45. The standard InChI is InChI=1S/C16H23F3NO.CH4FN/c1-20(2,21-3)15-9-5-7-13(11-15)12-6-4-8-14(10-12)16(17,18)19;1-3-2/h4,6,8,10,13,15H,5,7,9,11H2,1-3H3;3H,1H3/q+1;. The highest BCUT2D eigenvalue weighted by molar-refractivity contribution is 5.28. The van der Waals surface area contributed by atoms with E-state index >= 15 is 0 Å². The van der Waals surface area contributed by atoms with Crippen LogP contribution in [0, 0.1) is 0 Å². The van der Waals surface area contributed by atoms with Crippen LogP contribution >= 0.6 is 0 Å². The Bertz CT molecular complexity index is 506. The Kier molecular flexibility index (Phi) is 7.63. The summed E-state index contributed by atoms with van der Waals surface area (Å²) in [5.74, 6) is 0.179. The van der Waals surface area contributed by atoms with Gasteiger partial charge in [-0.25, -0.2) is 4.84 Å². The van der Waals surface area contributed by atoms with E-state index in [1.165, 1.54) is 24.7 Å². The number of halogens is 4. The molecule has 2 unspecified atom stereocenters. The molecule has 1 saturated carbocycles. The molecule has 0 aliphatic heterocycles. The van der Waals surface area contributed by atoms with Gasteiger partial charge in [0.1, 0.15) is 6.04 Å². The molecular weight excluding hydrogens is 324 g/mol. The summed E-state index contributed by atoms with van der Waals surface area (Å²) < 4.78 is 49.0. The largest absolute Gasteiger partial charge is 0.416 e. The molecule has 0 aromatic heterocycles. The Labute approximate surface area is 141 Å². The smallest absolute Gasteiger partial charge is 0.206 e. The van der Waals surface area contributed by atoms with Crippen molar-refractivity contribution in [1.29, 1.82) is 0 Å². The van der Waals surface area contributed by atoms with Crippen LogP contribution in [0.3, 0.4) is 0 Å². The maximum absolute atomic E-state index is 12.8. The molecule has 1 aliphatic rings. The van der Waals surface area contributed by atoms with E-state index in [9.17, 15) is 17.7 Å². The third kappa shape index (κ3) is 5.72. The Morgan fingerprint density at radius 3 is 2.38 bits per heavy atom. The van der Waals surface area contributed by atoms with E-state index in [0.29, 0.717) is 10.7 Å². The fourth-order valence-corrected chi connectivity index (χ4v) is 3.15. The number of hydrogen-bond acceptors (Lipinski definition) is 2. The van der Waals surface area contributed by atoms with Gasteiger partial charge >= 0.3 is 6.18 Å². The topological polar surface area (TPSA) is 21.3 Å². The van der Waals surface area contributed by atoms with Crippen molar-refractivity contribution >= 4 is 0 Å². The molecule has 0 saturated heterocycles. The predicted molar refractivity (Wildman–Crippen MR) is 85.7 cm³/mol. The second kappa shape index (κ2) is 8.78. The van der Waals surface area contributed by atoms with E-state index in [-0.39, 0.29) is 5.92 Å². The molecule has 1 fully saturated rings. The number of alkyl halides is 3. The van der Waals surface area contributed by atoms with Gasteiger partial charge in [0.15, 0.2) is 0 Å². The Morgan fingerprint density at radius 1 is 1.21 bits per heavy atom. The Hall–Kier alpha value is -1.18. The van der Waals surface area contributed by atoms with E-state index in [4.69, 9.17) is 4.84 Å². The van der Waals surface area contributed by atoms with Gasteiger partial charge in [-0.2, -0.15) is 23.4 Å². The van der Waals surface area contributed by atoms with Crippen molar-refractivity contribution in [3.63, 3.8) is 0 Å². The minimum Gasteiger partial charge on any atom is -0.206 e. The zero-order chi connectivity index (χ0) is 18.4. The maximum atomic E-state index is 12.8. The van der Waals surface area contributed by atoms with Crippen molar-refractivity contribution < 1.29 is 27.1 Å². The molecule has 7 heteroatoms. The van der Waals surface area contributed by atoms with E-state index < -0.39 is 11.7 Å². The molecule has 138 valence electrons. The monoisotopic (exact) mass is 351 g/mol. The quantitative estimate of drug-likeness (QED) is 0.376. The molecule has 1 N–H and O–H groups in total. The van der Waals surface area contributed by atoms with Gasteiger partial charge < -0.3 is 0 Å². The van der Waals surface area contributed by atoms with Gasteiger partial charge in [0.2, 0.25) is 0 Å². The van der Waals surface area contributed by atoms with Gasteiger partial charge in [0.25, 0.3) is 0 Å². The molecule has 1 aromatic rings. The molecule has 24 heavy (non-hydrogen) atoms. The third-order valence-electron chi connectivity index (χ3n) is 4.68. The van der Waals surface area contributed by atoms with Crippen molar-refractivity contribution in [1.82, 2.24) is 5.54 Å². The van der Waals surface area contributed by atoms with Crippen LogP contribution in [0.2, 0.25) is 0 Å². The van der Waals surface area contributed by atoms with Gasteiger partial charge in [-0.05, 0) is 30.4 Å². The number of hydroxylamine groups is 3. The lowest BCUT2D eigenvalue weighted by molar-refractivity contribution is -1.09. The summed E-state index contributed by atoms with van der Waals surface area (Å²) in [6.07, 6.45) is -0.386. The Morgan fingerprint density at radius 2 is 1.83 bits per heavy atom. The highest BCUT2D eigenvalue weighted by Crippen LogP contribution is 2.38. The SMILES string of the molecule is CNF.CO[N+](C)(C)C1CCCC(c2cccc(C(F)(F)F)c2)C1. The molecule has 3 nitrogen and oxygen atoms in total. The van der Waals surface area contributed by atoms with Crippen molar-refractivity contribution in [2.75, 3.05) is 28.3 Å². The first-order chi connectivity index (χ1) is 11.2. The molecule has 1 aromatic carbocycles. The van der Waals surface area contributed by atoms with Gasteiger partial charge in [0, 0.05) is 19.9 Å². The van der Waals surface area contributed by atoms with Crippen LogP contribution in [0.5, 0.6) is 0 Å². The van der Waals surface area contributed by atoms with Crippen LogP contribution in [-0.4, -0.2) is 38.9 Å². The van der Waals surface area contributed by atoms with Crippen LogP contribution in [0.4, 0.5) is 17.7 Å². The number of quaternary nitrogens is 1. The lowest BCUT2D eigenvalue weighted by atomic mass is 9.80. The van der Waals surface area contributed by atoms with Crippen LogP contribution < -0.4 is 5.54 Å². The summed E-state index contributed by atoms with van der Waals surface area (Å²) in [5, 5.41) is 0. The number of rotatable bonds is 3. The van der Waals surface area contributed by atoms with Crippen molar-refractivity contribution in [3.05, 3.63) is 35.4 Å². The average molecular weight is 351 g/mol. The number of nitrogens with one attached hydrogen (secondary N) is 1. The van der Waals surface area contributed by atoms with Crippen molar-refractivity contribution in [3.8, 4) is 0 Å². The predicted octanol–water partition coefficient (Wildman–Crippen LogP) is 4.46. The molecule has 0 bridgehead atoms. The first kappa shape index (κ1) is 20.9. The molecule has 0 radical (unpaired) electrons. The maximum Gasteiger partial charge on any atom is 0.416 e. The molecule has 0 spiro atoms. The fraction of sp³-hybridized carbons (Fsp3) is 0.647. The summed E-state index contributed by atoms with van der Waals surface area (Å²) in [4.78, 5) is 5.50.